The second-order valence-corrected chi connectivity index (χ2v) is 12.0. The molecule has 0 spiro atoms. The minimum Gasteiger partial charge on any atom is -0.330 e. The fraction of sp³-hybridized carbons (Fsp3) is 0.379. The number of amides is 1. The molecule has 216 valence electrons. The third-order valence-electron chi connectivity index (χ3n) is 7.41. The van der Waals surface area contributed by atoms with Gasteiger partial charge in [-0.1, -0.05) is 60.8 Å². The van der Waals surface area contributed by atoms with Crippen LogP contribution in [0.5, 0.6) is 0 Å². The van der Waals surface area contributed by atoms with E-state index in [2.05, 4.69) is 20.3 Å². The Morgan fingerprint density at radius 2 is 1.76 bits per heavy atom. The van der Waals surface area contributed by atoms with Crippen LogP contribution in [0.3, 0.4) is 0 Å². The van der Waals surface area contributed by atoms with Gasteiger partial charge in [0.1, 0.15) is 17.1 Å². The molecule has 9 nitrogen and oxygen atoms in total. The van der Waals surface area contributed by atoms with Crippen LogP contribution < -0.4 is 16.6 Å². The van der Waals surface area contributed by atoms with Gasteiger partial charge in [-0.05, 0) is 74.1 Å². The topological polar surface area (TPSA) is 122 Å². The Hall–Kier alpha value is -2.95. The number of carbonyl (C=O) groups is 1. The minimum absolute atomic E-state index is 0.00808. The number of aromatic amines is 1. The third-order valence-corrected chi connectivity index (χ3v) is 8.20. The molecule has 12 heteroatoms. The fourth-order valence-corrected chi connectivity index (χ4v) is 6.16. The summed E-state index contributed by atoms with van der Waals surface area (Å²) in [6.07, 6.45) is 2.37. The lowest BCUT2D eigenvalue weighted by Crippen LogP contribution is -2.40. The Kier molecular flexibility index (Phi) is 9.01. The number of benzene rings is 2. The molecule has 3 aliphatic heterocycles. The summed E-state index contributed by atoms with van der Waals surface area (Å²) in [6.45, 7) is 6.77. The minimum atomic E-state index is -0.385. The number of nitrogens with zero attached hydrogens (tertiary/aromatic N) is 4. The van der Waals surface area contributed by atoms with Crippen molar-refractivity contribution in [1.82, 2.24) is 24.6 Å². The maximum absolute atomic E-state index is 13.2. The highest BCUT2D eigenvalue weighted by molar-refractivity contribution is 6.40. The van der Waals surface area contributed by atoms with Gasteiger partial charge in [-0.25, -0.2) is 9.67 Å². The van der Waals surface area contributed by atoms with E-state index in [4.69, 9.17) is 45.5 Å². The summed E-state index contributed by atoms with van der Waals surface area (Å²) in [7, 11) is 0. The molecule has 0 bridgehead atoms. The number of rotatable bonds is 8. The molecule has 3 aliphatic rings. The molecule has 1 fully saturated rings. The quantitative estimate of drug-likeness (QED) is 0.246. The van der Waals surface area contributed by atoms with E-state index in [1.165, 1.54) is 0 Å². The summed E-state index contributed by atoms with van der Waals surface area (Å²) in [4.78, 5) is 37.0. The Bertz CT molecular complexity index is 1550. The zero-order valence-electron chi connectivity index (χ0n) is 22.9. The largest absolute Gasteiger partial charge is 0.330 e. The van der Waals surface area contributed by atoms with Gasteiger partial charge < -0.3 is 11.1 Å². The molecule has 3 heterocycles. The highest BCUT2D eigenvalue weighted by Crippen LogP contribution is 2.36. The lowest BCUT2D eigenvalue weighted by atomic mass is 9.97. The molecule has 4 N–H and O–H groups in total. The molecule has 2 aromatic rings. The number of aromatic nitrogens is 4. The number of fused-ring (bicyclic) bond motifs is 1. The maximum atomic E-state index is 13.2. The first kappa shape index (κ1) is 29.5. The van der Waals surface area contributed by atoms with Crippen molar-refractivity contribution in [3.8, 4) is 17.1 Å². The number of hydrogen-bond acceptors (Lipinski definition) is 6. The molecule has 2 aromatic carbocycles. The molecule has 0 saturated carbocycles. The van der Waals surface area contributed by atoms with E-state index in [0.29, 0.717) is 74.8 Å². The van der Waals surface area contributed by atoms with Crippen molar-refractivity contribution in [3.05, 3.63) is 78.9 Å². The van der Waals surface area contributed by atoms with Crippen molar-refractivity contribution in [3.63, 3.8) is 0 Å². The lowest BCUT2D eigenvalue weighted by molar-refractivity contribution is -0.117. The van der Waals surface area contributed by atoms with Crippen molar-refractivity contribution in [2.75, 3.05) is 31.5 Å². The second-order valence-electron chi connectivity index (χ2n) is 10.8. The summed E-state index contributed by atoms with van der Waals surface area (Å²) < 4.78 is 1.62. The molecule has 0 aromatic heterocycles. The van der Waals surface area contributed by atoms with Gasteiger partial charge in [-0.3, -0.25) is 19.6 Å². The zero-order chi connectivity index (χ0) is 29.3. The van der Waals surface area contributed by atoms with Crippen LogP contribution in [-0.4, -0.2) is 56.7 Å². The molecule has 41 heavy (non-hydrogen) atoms. The van der Waals surface area contributed by atoms with Gasteiger partial charge in [0.05, 0.1) is 22.3 Å². The van der Waals surface area contributed by atoms with Crippen LogP contribution in [-0.2, 0) is 11.2 Å². The predicted octanol–water partition coefficient (Wildman–Crippen LogP) is 5.34. The van der Waals surface area contributed by atoms with Crippen molar-refractivity contribution in [1.29, 1.82) is 0 Å². The summed E-state index contributed by atoms with van der Waals surface area (Å²) in [5, 5.41) is 7.25. The first-order chi connectivity index (χ1) is 19.6. The van der Waals surface area contributed by atoms with Crippen LogP contribution >= 0.6 is 34.8 Å². The SMILES string of the molecule is CC(C)c1[nH]n(-c2c(Cl)cc(Cl)cc2Cl)c2nc(Cc3ccc(NC(=O)CN4CCC(CN)CC4)cc3)nc(=O)c1-2. The van der Waals surface area contributed by atoms with Gasteiger partial charge in [0.2, 0.25) is 5.91 Å². The standard InChI is InChI=1S/C29H32Cl3N7O2/c1-16(2)26-25-28(39(37-26)27-21(31)12-19(30)13-22(27)32)35-23(36-29(25)41)11-17-3-5-20(6-4-17)34-24(40)15-38-9-7-18(14-33)8-10-38/h3-6,12-13,16,18,37H,7-11,14-15,33H2,1-2H3,(H,34,40). The van der Waals surface area contributed by atoms with Crippen LogP contribution in [0.25, 0.3) is 17.1 Å². The number of nitrogens with one attached hydrogen (secondary N) is 2. The predicted molar refractivity (Wildman–Crippen MR) is 164 cm³/mol. The average molecular weight is 617 g/mol. The average Bonchev–Trinajstić information content (AvgIpc) is 3.30. The summed E-state index contributed by atoms with van der Waals surface area (Å²) in [6, 6.07) is 10.6. The van der Waals surface area contributed by atoms with Gasteiger partial charge in [-0.15, -0.1) is 0 Å². The molecule has 5 rings (SSSR count). The number of likely N-dealkylation sites (tertiary alicyclic amines) is 1. The van der Waals surface area contributed by atoms with Gasteiger partial charge in [0.15, 0.2) is 5.82 Å². The highest BCUT2D eigenvalue weighted by Gasteiger charge is 2.27. The molecule has 1 amide bonds. The van der Waals surface area contributed by atoms with E-state index in [1.54, 1.807) is 16.8 Å². The van der Waals surface area contributed by atoms with Crippen molar-refractivity contribution in [2.24, 2.45) is 11.7 Å². The van der Waals surface area contributed by atoms with Gasteiger partial charge in [0, 0.05) is 17.1 Å². The van der Waals surface area contributed by atoms with E-state index in [9.17, 15) is 9.59 Å². The monoisotopic (exact) mass is 615 g/mol. The number of nitrogens with two attached hydrogens (primary N) is 1. The summed E-state index contributed by atoms with van der Waals surface area (Å²) in [5.41, 5.74) is 8.49. The van der Waals surface area contributed by atoms with Crippen LogP contribution in [0.2, 0.25) is 15.1 Å². The number of piperidine rings is 1. The summed E-state index contributed by atoms with van der Waals surface area (Å²) >= 11 is 19.2. The Morgan fingerprint density at radius 1 is 1.10 bits per heavy atom. The zero-order valence-corrected chi connectivity index (χ0v) is 25.2. The maximum Gasteiger partial charge on any atom is 0.284 e. The number of anilines is 1. The van der Waals surface area contributed by atoms with Gasteiger partial charge in [-0.2, -0.15) is 4.98 Å². The molecular weight excluding hydrogens is 585 g/mol. The molecule has 0 unspecified atom stereocenters. The van der Waals surface area contributed by atoms with E-state index in [-0.39, 0.29) is 17.4 Å². The van der Waals surface area contributed by atoms with Crippen LogP contribution in [0, 0.1) is 5.92 Å². The first-order valence-corrected chi connectivity index (χ1v) is 14.7. The van der Waals surface area contributed by atoms with Crippen molar-refractivity contribution in [2.45, 2.75) is 39.0 Å². The third kappa shape index (κ3) is 6.60. The summed E-state index contributed by atoms with van der Waals surface area (Å²) in [5.74, 6) is 1.23. The number of H-pyrrole nitrogens is 1. The smallest absolute Gasteiger partial charge is 0.284 e. The van der Waals surface area contributed by atoms with E-state index >= 15 is 0 Å². The molecular formula is C29H32Cl3N7O2. The van der Waals surface area contributed by atoms with Crippen LogP contribution in [0.4, 0.5) is 5.69 Å². The molecule has 1 saturated heterocycles. The number of halogens is 3. The molecule has 0 radical (unpaired) electrons. The van der Waals surface area contributed by atoms with Crippen molar-refractivity contribution < 1.29 is 4.79 Å². The number of hydrogen-bond donors (Lipinski definition) is 3. The number of carbonyl (C=O) groups excluding carboxylic acids is 1. The Morgan fingerprint density at radius 3 is 2.37 bits per heavy atom. The first-order valence-electron chi connectivity index (χ1n) is 13.6. The molecule has 0 aliphatic carbocycles. The Balaban J connectivity index is 1.35. The highest BCUT2D eigenvalue weighted by atomic mass is 35.5. The van der Waals surface area contributed by atoms with E-state index in [0.717, 1.165) is 31.5 Å². The normalized spacial score (nSPS) is 14.7. The lowest BCUT2D eigenvalue weighted by Gasteiger charge is -2.30. The van der Waals surface area contributed by atoms with Crippen LogP contribution in [0.15, 0.2) is 41.2 Å². The fourth-order valence-electron chi connectivity index (χ4n) is 5.18. The van der Waals surface area contributed by atoms with E-state index < -0.39 is 0 Å². The van der Waals surface area contributed by atoms with Gasteiger partial charge >= 0.3 is 0 Å². The Labute approximate surface area is 253 Å². The molecule has 0 atom stereocenters. The second kappa shape index (κ2) is 12.5. The van der Waals surface area contributed by atoms with Crippen molar-refractivity contribution >= 4 is 46.4 Å². The van der Waals surface area contributed by atoms with Gasteiger partial charge in [0.25, 0.3) is 5.56 Å². The van der Waals surface area contributed by atoms with Crippen LogP contribution in [0.1, 0.15) is 49.7 Å². The van der Waals surface area contributed by atoms with E-state index in [1.807, 2.05) is 38.1 Å².